The van der Waals surface area contributed by atoms with Gasteiger partial charge in [-0.3, -0.25) is 9.69 Å². The van der Waals surface area contributed by atoms with E-state index in [4.69, 9.17) is 9.72 Å². The Hall–Kier alpha value is -4.05. The SMILES string of the molecule is COc1cc2n[nH]nc2cc1C(=O)N1CC[C@H](N2Cc3cnc(Nc4cc(C)cc(C)c4)nc3C2)[C@H](C)C1. The molecule has 1 saturated heterocycles. The maximum Gasteiger partial charge on any atom is 0.257 e. The first-order valence-electron chi connectivity index (χ1n) is 13.0. The molecule has 0 saturated carbocycles. The molecule has 0 spiro atoms. The van der Waals surface area contributed by atoms with Crippen molar-refractivity contribution in [3.63, 3.8) is 0 Å². The number of nitrogens with one attached hydrogen (secondary N) is 2. The van der Waals surface area contributed by atoms with E-state index in [0.717, 1.165) is 30.9 Å². The Kier molecular flexibility index (Phi) is 6.19. The molecule has 2 N–H and O–H groups in total. The van der Waals surface area contributed by atoms with Gasteiger partial charge in [-0.25, -0.2) is 9.97 Å². The highest BCUT2D eigenvalue weighted by atomic mass is 16.5. The highest BCUT2D eigenvalue weighted by Crippen LogP contribution is 2.32. The Morgan fingerprint density at radius 2 is 1.84 bits per heavy atom. The number of methoxy groups -OCH3 is 1. The minimum atomic E-state index is -0.0327. The van der Waals surface area contributed by atoms with Crippen LogP contribution in [0.25, 0.3) is 11.0 Å². The van der Waals surface area contributed by atoms with E-state index in [9.17, 15) is 4.79 Å². The number of ether oxygens (including phenoxy) is 1. The Balaban J connectivity index is 1.12. The Morgan fingerprint density at radius 1 is 1.08 bits per heavy atom. The van der Waals surface area contributed by atoms with Gasteiger partial charge in [0.05, 0.1) is 18.4 Å². The summed E-state index contributed by atoms with van der Waals surface area (Å²) in [6.45, 7) is 9.39. The number of H-pyrrole nitrogens is 1. The summed E-state index contributed by atoms with van der Waals surface area (Å²) in [5, 5.41) is 14.2. The molecule has 4 heterocycles. The average Bonchev–Trinajstić information content (AvgIpc) is 3.52. The summed E-state index contributed by atoms with van der Waals surface area (Å²) >= 11 is 0. The van der Waals surface area contributed by atoms with Crippen molar-refractivity contribution in [3.8, 4) is 5.75 Å². The van der Waals surface area contributed by atoms with Gasteiger partial charge in [-0.2, -0.15) is 15.4 Å². The van der Waals surface area contributed by atoms with Crippen LogP contribution in [0.3, 0.4) is 0 Å². The van der Waals surface area contributed by atoms with Crippen molar-refractivity contribution in [2.45, 2.75) is 46.3 Å². The minimum absolute atomic E-state index is 0.0327. The number of benzene rings is 2. The Bertz CT molecular complexity index is 1500. The number of nitrogens with zero attached hydrogens (tertiary/aromatic N) is 6. The summed E-state index contributed by atoms with van der Waals surface area (Å²) in [7, 11) is 1.57. The lowest BCUT2D eigenvalue weighted by molar-refractivity contribution is 0.0442. The van der Waals surface area contributed by atoms with Crippen LogP contribution in [-0.2, 0) is 13.1 Å². The number of rotatable bonds is 5. The summed E-state index contributed by atoms with van der Waals surface area (Å²) in [4.78, 5) is 27.3. The van der Waals surface area contributed by atoms with Crippen molar-refractivity contribution < 1.29 is 9.53 Å². The summed E-state index contributed by atoms with van der Waals surface area (Å²) in [6.07, 6.45) is 2.85. The van der Waals surface area contributed by atoms with Crippen molar-refractivity contribution in [3.05, 3.63) is 64.5 Å². The van der Waals surface area contributed by atoms with Crippen LogP contribution in [0.4, 0.5) is 11.6 Å². The number of aromatic nitrogens is 5. The minimum Gasteiger partial charge on any atom is -0.496 e. The van der Waals surface area contributed by atoms with Gasteiger partial charge in [0, 0.05) is 55.7 Å². The molecular formula is C28H32N8O2. The van der Waals surface area contributed by atoms with E-state index in [0.29, 0.717) is 53.3 Å². The first-order chi connectivity index (χ1) is 18.4. The number of fused-ring (bicyclic) bond motifs is 2. The smallest absolute Gasteiger partial charge is 0.257 e. The van der Waals surface area contributed by atoms with Crippen LogP contribution < -0.4 is 10.1 Å². The lowest BCUT2D eigenvalue weighted by Gasteiger charge is -2.41. The largest absolute Gasteiger partial charge is 0.496 e. The van der Waals surface area contributed by atoms with Crippen molar-refractivity contribution in [2.75, 3.05) is 25.5 Å². The molecule has 2 aromatic carbocycles. The van der Waals surface area contributed by atoms with Crippen LogP contribution in [0, 0.1) is 19.8 Å². The first-order valence-corrected chi connectivity index (χ1v) is 13.0. The molecule has 2 aromatic heterocycles. The second-order valence-electron chi connectivity index (χ2n) is 10.5. The van der Waals surface area contributed by atoms with Gasteiger partial charge >= 0.3 is 0 Å². The topological polar surface area (TPSA) is 112 Å². The second-order valence-corrected chi connectivity index (χ2v) is 10.5. The first kappa shape index (κ1) is 24.3. The van der Waals surface area contributed by atoms with Crippen LogP contribution in [-0.4, -0.2) is 67.3 Å². The number of carbonyl (C=O) groups excluding carboxylic acids is 1. The van der Waals surface area contributed by atoms with E-state index in [1.165, 1.54) is 16.7 Å². The third-order valence-corrected chi connectivity index (χ3v) is 7.64. The molecule has 10 heteroatoms. The van der Waals surface area contributed by atoms with Crippen LogP contribution in [0.15, 0.2) is 36.5 Å². The zero-order valence-electron chi connectivity index (χ0n) is 22.2. The Labute approximate surface area is 221 Å². The molecule has 196 valence electrons. The fourth-order valence-electron chi connectivity index (χ4n) is 5.88. The number of carbonyl (C=O) groups is 1. The molecule has 4 aromatic rings. The molecule has 2 aliphatic heterocycles. The lowest BCUT2D eigenvalue weighted by Crippen LogP contribution is -2.50. The van der Waals surface area contributed by atoms with Gasteiger partial charge in [0.1, 0.15) is 16.8 Å². The number of amides is 1. The van der Waals surface area contributed by atoms with E-state index < -0.39 is 0 Å². The molecule has 10 nitrogen and oxygen atoms in total. The zero-order chi connectivity index (χ0) is 26.4. The predicted molar refractivity (Wildman–Crippen MR) is 144 cm³/mol. The maximum absolute atomic E-state index is 13.5. The van der Waals surface area contributed by atoms with E-state index in [1.807, 2.05) is 11.1 Å². The molecule has 38 heavy (non-hydrogen) atoms. The third kappa shape index (κ3) is 4.56. The number of aryl methyl sites for hydroxylation is 2. The molecule has 2 atom stereocenters. The molecule has 0 bridgehead atoms. The summed E-state index contributed by atoms with van der Waals surface area (Å²) in [5.74, 6) is 1.42. The van der Waals surface area contributed by atoms with Gasteiger partial charge in [0.15, 0.2) is 0 Å². The van der Waals surface area contributed by atoms with E-state index in [-0.39, 0.29) is 5.91 Å². The monoisotopic (exact) mass is 512 g/mol. The van der Waals surface area contributed by atoms with Gasteiger partial charge in [0.25, 0.3) is 5.91 Å². The summed E-state index contributed by atoms with van der Waals surface area (Å²) in [6, 6.07) is 10.2. The third-order valence-electron chi connectivity index (χ3n) is 7.64. The van der Waals surface area contributed by atoms with Crippen LogP contribution >= 0.6 is 0 Å². The van der Waals surface area contributed by atoms with Crippen LogP contribution in [0.2, 0.25) is 0 Å². The van der Waals surface area contributed by atoms with Crippen molar-refractivity contribution in [1.82, 2.24) is 35.2 Å². The van der Waals surface area contributed by atoms with Crippen LogP contribution in [0.1, 0.15) is 46.1 Å². The maximum atomic E-state index is 13.5. The summed E-state index contributed by atoms with van der Waals surface area (Å²) < 4.78 is 5.50. The number of anilines is 2. The highest BCUT2D eigenvalue weighted by molar-refractivity contribution is 6.00. The van der Waals surface area contributed by atoms with Crippen molar-refractivity contribution in [1.29, 1.82) is 0 Å². The van der Waals surface area contributed by atoms with Gasteiger partial charge in [-0.1, -0.05) is 13.0 Å². The van der Waals surface area contributed by atoms with E-state index in [2.05, 4.69) is 69.6 Å². The second kappa shape index (κ2) is 9.68. The standard InChI is InChI=1S/C28H32N8O2/c1-16-7-17(2)9-20(8-16)30-28-29-12-19-14-36(15-24(19)31-28)25-5-6-35(13-18(25)3)27(37)21-10-22-23(33-34-32-22)11-26(21)38-4/h7-12,18,25H,5-6,13-15H2,1-4H3,(H,29,30,31)(H,32,33,34)/t18-,25+/m1/s1. The van der Waals surface area contributed by atoms with Gasteiger partial charge < -0.3 is 15.0 Å². The Morgan fingerprint density at radius 3 is 2.58 bits per heavy atom. The number of piperidine rings is 1. The molecule has 0 unspecified atom stereocenters. The van der Waals surface area contributed by atoms with E-state index >= 15 is 0 Å². The van der Waals surface area contributed by atoms with Crippen molar-refractivity contribution >= 4 is 28.6 Å². The quantitative estimate of drug-likeness (QED) is 0.413. The molecule has 2 aliphatic rings. The van der Waals surface area contributed by atoms with E-state index in [1.54, 1.807) is 19.2 Å². The lowest BCUT2D eigenvalue weighted by atomic mass is 9.92. The fraction of sp³-hybridized carbons (Fsp3) is 0.393. The predicted octanol–water partition coefficient (Wildman–Crippen LogP) is 3.98. The average molecular weight is 513 g/mol. The molecule has 1 fully saturated rings. The van der Waals surface area contributed by atoms with Gasteiger partial charge in [-0.05, 0) is 55.5 Å². The molecule has 1 amide bonds. The number of hydrogen-bond donors (Lipinski definition) is 2. The molecule has 6 rings (SSSR count). The number of likely N-dealkylation sites (tertiary alicyclic amines) is 1. The zero-order valence-corrected chi connectivity index (χ0v) is 22.2. The fourth-order valence-corrected chi connectivity index (χ4v) is 5.88. The number of aromatic amines is 1. The number of hydrogen-bond acceptors (Lipinski definition) is 8. The van der Waals surface area contributed by atoms with Gasteiger partial charge in [-0.15, -0.1) is 0 Å². The molecule has 0 aliphatic carbocycles. The molecular weight excluding hydrogens is 480 g/mol. The highest BCUT2D eigenvalue weighted by Gasteiger charge is 2.36. The van der Waals surface area contributed by atoms with Gasteiger partial charge in [0.2, 0.25) is 5.95 Å². The molecule has 0 radical (unpaired) electrons. The normalized spacial score (nSPS) is 19.5. The van der Waals surface area contributed by atoms with Crippen molar-refractivity contribution in [2.24, 2.45) is 5.92 Å². The van der Waals surface area contributed by atoms with Crippen LogP contribution in [0.5, 0.6) is 5.75 Å². The summed E-state index contributed by atoms with van der Waals surface area (Å²) in [5.41, 5.74) is 7.51.